The van der Waals surface area contributed by atoms with Gasteiger partial charge in [-0.25, -0.2) is 4.68 Å². The minimum absolute atomic E-state index is 0.169. The molecule has 0 amide bonds. The molecule has 0 aliphatic carbocycles. The topological polar surface area (TPSA) is 52.5 Å². The molecule has 1 aliphatic rings. The van der Waals surface area contributed by atoms with Crippen molar-refractivity contribution in [3.63, 3.8) is 0 Å². The number of rotatable bonds is 5. The maximum absolute atomic E-state index is 4.46. The summed E-state index contributed by atoms with van der Waals surface area (Å²) >= 11 is 0. The second-order valence-electron chi connectivity index (χ2n) is 7.14. The van der Waals surface area contributed by atoms with Crippen LogP contribution in [0, 0.1) is 0 Å². The quantitative estimate of drug-likeness (QED) is 0.635. The standard InChI is InChI=1S/C20H24N6/c1-24-12-14-25(15-13-24)19(18-10-6-3-7-11-18)20-21-22-23-26(20)16-17-8-4-2-5-9-17/h2-11,19H,12-16H2,1H3/p+2/t19-/m0/s1. The predicted octanol–water partition coefficient (Wildman–Crippen LogP) is -0.776. The summed E-state index contributed by atoms with van der Waals surface area (Å²) in [4.78, 5) is 3.15. The third-order valence-corrected chi connectivity index (χ3v) is 5.28. The second kappa shape index (κ2) is 7.76. The minimum atomic E-state index is 0.169. The Morgan fingerprint density at radius 3 is 2.27 bits per heavy atom. The molecule has 0 spiro atoms. The molecule has 2 heterocycles. The van der Waals surface area contributed by atoms with Crippen LogP contribution in [0.3, 0.4) is 0 Å². The summed E-state index contributed by atoms with van der Waals surface area (Å²) in [5.41, 5.74) is 2.50. The Labute approximate surface area is 154 Å². The second-order valence-corrected chi connectivity index (χ2v) is 7.14. The van der Waals surface area contributed by atoms with Crippen molar-refractivity contribution in [2.24, 2.45) is 0 Å². The third kappa shape index (κ3) is 3.66. The highest BCUT2D eigenvalue weighted by molar-refractivity contribution is 5.23. The van der Waals surface area contributed by atoms with Crippen LogP contribution in [-0.4, -0.2) is 53.4 Å². The molecule has 3 aromatic rings. The van der Waals surface area contributed by atoms with E-state index in [1.165, 1.54) is 24.2 Å². The van der Waals surface area contributed by atoms with Crippen molar-refractivity contribution in [1.82, 2.24) is 20.2 Å². The van der Waals surface area contributed by atoms with E-state index in [0.29, 0.717) is 6.54 Å². The van der Waals surface area contributed by atoms with Gasteiger partial charge < -0.3 is 9.80 Å². The van der Waals surface area contributed by atoms with Crippen LogP contribution in [0.2, 0.25) is 0 Å². The van der Waals surface area contributed by atoms with E-state index in [2.05, 4.69) is 77.2 Å². The molecule has 4 rings (SSSR count). The Kier molecular flexibility index (Phi) is 5.04. The number of aromatic nitrogens is 4. The number of likely N-dealkylation sites (N-methyl/N-ethyl adjacent to an activating group) is 1. The molecule has 0 radical (unpaired) electrons. The number of nitrogens with one attached hydrogen (secondary N) is 2. The van der Waals surface area contributed by atoms with Crippen LogP contribution in [0.4, 0.5) is 0 Å². The minimum Gasteiger partial charge on any atom is -0.328 e. The molecule has 1 fully saturated rings. The maximum Gasteiger partial charge on any atom is 0.214 e. The normalized spacial score (nSPS) is 21.4. The lowest BCUT2D eigenvalue weighted by Crippen LogP contribution is -3.27. The van der Waals surface area contributed by atoms with Crippen LogP contribution in [0.15, 0.2) is 60.7 Å². The number of hydrogen-bond donors (Lipinski definition) is 2. The Bertz CT molecular complexity index is 809. The number of nitrogens with zero attached hydrogens (tertiary/aromatic N) is 4. The van der Waals surface area contributed by atoms with Gasteiger partial charge in [-0.1, -0.05) is 60.7 Å². The van der Waals surface area contributed by atoms with Crippen molar-refractivity contribution in [2.75, 3.05) is 33.2 Å². The summed E-state index contributed by atoms with van der Waals surface area (Å²) in [7, 11) is 2.27. The SMILES string of the molecule is C[NH+]1CC[NH+]([C@@H](c2ccccc2)c2nnnn2Cc2ccccc2)CC1. The number of tetrazole rings is 1. The molecule has 26 heavy (non-hydrogen) atoms. The molecule has 0 bridgehead atoms. The average molecular weight is 350 g/mol. The van der Waals surface area contributed by atoms with Gasteiger partial charge in [0.25, 0.3) is 0 Å². The first kappa shape index (κ1) is 16.9. The van der Waals surface area contributed by atoms with Crippen LogP contribution in [0.25, 0.3) is 0 Å². The molecule has 1 atom stereocenters. The highest BCUT2D eigenvalue weighted by Crippen LogP contribution is 2.17. The zero-order valence-corrected chi connectivity index (χ0v) is 15.2. The monoisotopic (exact) mass is 350 g/mol. The first-order valence-electron chi connectivity index (χ1n) is 9.32. The van der Waals surface area contributed by atoms with Gasteiger partial charge in [-0.3, -0.25) is 0 Å². The van der Waals surface area contributed by atoms with Crippen molar-refractivity contribution < 1.29 is 9.80 Å². The van der Waals surface area contributed by atoms with E-state index in [-0.39, 0.29) is 6.04 Å². The highest BCUT2D eigenvalue weighted by Gasteiger charge is 2.34. The van der Waals surface area contributed by atoms with Gasteiger partial charge in [-0.2, -0.15) is 0 Å². The van der Waals surface area contributed by atoms with Crippen LogP contribution >= 0.6 is 0 Å². The summed E-state index contributed by atoms with van der Waals surface area (Å²) in [5, 5.41) is 12.8. The van der Waals surface area contributed by atoms with E-state index in [1.807, 2.05) is 10.7 Å². The van der Waals surface area contributed by atoms with Gasteiger partial charge in [0.05, 0.1) is 13.6 Å². The average Bonchev–Trinajstić information content (AvgIpc) is 3.13. The summed E-state index contributed by atoms with van der Waals surface area (Å²) in [6.07, 6.45) is 0. The summed E-state index contributed by atoms with van der Waals surface area (Å²) < 4.78 is 1.96. The Morgan fingerprint density at radius 2 is 1.58 bits per heavy atom. The lowest BCUT2D eigenvalue weighted by Gasteiger charge is -2.32. The zero-order valence-electron chi connectivity index (χ0n) is 15.2. The van der Waals surface area contributed by atoms with E-state index < -0.39 is 0 Å². The predicted molar refractivity (Wildman–Crippen MR) is 99.0 cm³/mol. The van der Waals surface area contributed by atoms with Gasteiger partial charge in [-0.05, 0) is 16.0 Å². The van der Waals surface area contributed by atoms with Crippen LogP contribution < -0.4 is 9.80 Å². The molecule has 6 heteroatoms. The summed E-state index contributed by atoms with van der Waals surface area (Å²) in [6.45, 7) is 5.32. The van der Waals surface area contributed by atoms with Crippen molar-refractivity contribution in [2.45, 2.75) is 12.6 Å². The molecular formula is C20H26N6+2. The van der Waals surface area contributed by atoms with E-state index >= 15 is 0 Å². The fourth-order valence-corrected chi connectivity index (χ4v) is 3.79. The third-order valence-electron chi connectivity index (χ3n) is 5.28. The van der Waals surface area contributed by atoms with Gasteiger partial charge >= 0.3 is 0 Å². The van der Waals surface area contributed by atoms with Gasteiger partial charge in [0, 0.05) is 5.56 Å². The molecule has 0 unspecified atom stereocenters. The molecule has 6 nitrogen and oxygen atoms in total. The van der Waals surface area contributed by atoms with E-state index in [9.17, 15) is 0 Å². The Morgan fingerprint density at radius 1 is 0.923 bits per heavy atom. The van der Waals surface area contributed by atoms with Gasteiger partial charge in [0.1, 0.15) is 26.2 Å². The van der Waals surface area contributed by atoms with Crippen LogP contribution in [0.1, 0.15) is 23.0 Å². The zero-order chi connectivity index (χ0) is 17.8. The smallest absolute Gasteiger partial charge is 0.214 e. The van der Waals surface area contributed by atoms with Crippen LogP contribution in [-0.2, 0) is 6.54 Å². The largest absolute Gasteiger partial charge is 0.328 e. The molecule has 2 aromatic carbocycles. The van der Waals surface area contributed by atoms with E-state index in [1.54, 1.807) is 9.80 Å². The van der Waals surface area contributed by atoms with Gasteiger partial charge in [-0.15, -0.1) is 5.10 Å². The van der Waals surface area contributed by atoms with Crippen LogP contribution in [0.5, 0.6) is 0 Å². The lowest BCUT2D eigenvalue weighted by atomic mass is 10.0. The Hall–Kier alpha value is -2.57. The van der Waals surface area contributed by atoms with Gasteiger partial charge in [0.15, 0.2) is 6.04 Å². The van der Waals surface area contributed by atoms with Gasteiger partial charge in [0.2, 0.25) is 5.82 Å². The molecule has 134 valence electrons. The summed E-state index contributed by atoms with van der Waals surface area (Å²) in [6, 6.07) is 21.2. The van der Waals surface area contributed by atoms with Crippen molar-refractivity contribution >= 4 is 0 Å². The fourth-order valence-electron chi connectivity index (χ4n) is 3.79. The molecule has 0 saturated carbocycles. The number of benzene rings is 2. The van der Waals surface area contributed by atoms with Crippen molar-refractivity contribution in [1.29, 1.82) is 0 Å². The molecular weight excluding hydrogens is 324 g/mol. The van der Waals surface area contributed by atoms with E-state index in [4.69, 9.17) is 0 Å². The number of quaternary nitrogens is 2. The maximum atomic E-state index is 4.46. The van der Waals surface area contributed by atoms with E-state index in [0.717, 1.165) is 18.9 Å². The van der Waals surface area contributed by atoms with Crippen molar-refractivity contribution in [3.8, 4) is 0 Å². The summed E-state index contributed by atoms with van der Waals surface area (Å²) in [5.74, 6) is 0.953. The number of hydrogen-bond acceptors (Lipinski definition) is 3. The van der Waals surface area contributed by atoms with Crippen molar-refractivity contribution in [3.05, 3.63) is 77.6 Å². The highest BCUT2D eigenvalue weighted by atomic mass is 15.6. The molecule has 1 saturated heterocycles. The molecule has 2 N–H and O–H groups in total. The molecule has 1 aromatic heterocycles. The lowest BCUT2D eigenvalue weighted by molar-refractivity contribution is -1.02. The fraction of sp³-hybridized carbons (Fsp3) is 0.350. The first-order valence-corrected chi connectivity index (χ1v) is 9.32. The first-order chi connectivity index (χ1) is 12.8. The number of piperazine rings is 1. The molecule has 1 aliphatic heterocycles. The Balaban J connectivity index is 1.67.